The van der Waals surface area contributed by atoms with Crippen molar-refractivity contribution in [3.63, 3.8) is 0 Å². The van der Waals surface area contributed by atoms with E-state index in [0.29, 0.717) is 22.4 Å². The van der Waals surface area contributed by atoms with Crippen LogP contribution in [0.15, 0.2) is 41.2 Å². The van der Waals surface area contributed by atoms with Crippen LogP contribution in [0.25, 0.3) is 16.6 Å². The Labute approximate surface area is 229 Å². The molecule has 6 heteroatoms. The van der Waals surface area contributed by atoms with Crippen LogP contribution in [0.5, 0.6) is 0 Å². The monoisotopic (exact) mass is 529 g/mol. The van der Waals surface area contributed by atoms with Crippen LogP contribution in [0.2, 0.25) is 5.02 Å². The fourth-order valence-corrected chi connectivity index (χ4v) is 8.42. The van der Waals surface area contributed by atoms with Gasteiger partial charge in [-0.05, 0) is 93.2 Å². The predicted octanol–water partition coefficient (Wildman–Crippen LogP) is 6.54. The molecule has 2 saturated carbocycles. The van der Waals surface area contributed by atoms with E-state index in [9.17, 15) is 9.59 Å². The summed E-state index contributed by atoms with van der Waals surface area (Å²) < 4.78 is 2.27. The lowest BCUT2D eigenvalue weighted by molar-refractivity contribution is -0.112. The third-order valence-electron chi connectivity index (χ3n) is 10.2. The molecule has 0 amide bonds. The number of hydrogen-bond acceptors (Lipinski definition) is 4. The smallest absolute Gasteiger partial charge is 0.282 e. The highest BCUT2D eigenvalue weighted by Crippen LogP contribution is 2.52. The van der Waals surface area contributed by atoms with Crippen LogP contribution in [0, 0.1) is 5.92 Å². The van der Waals surface area contributed by atoms with E-state index in [2.05, 4.69) is 27.7 Å². The van der Waals surface area contributed by atoms with Gasteiger partial charge in [0.25, 0.3) is 5.56 Å². The average Bonchev–Trinajstić information content (AvgIpc) is 3.21. The highest BCUT2D eigenvalue weighted by Gasteiger charge is 2.46. The van der Waals surface area contributed by atoms with Crippen molar-refractivity contribution in [3.8, 4) is 5.69 Å². The van der Waals surface area contributed by atoms with Crippen LogP contribution in [0.1, 0.15) is 93.5 Å². The molecular formula is C32H36ClN3O2. The van der Waals surface area contributed by atoms with Crippen LogP contribution in [-0.2, 0) is 10.2 Å². The number of benzene rings is 2. The van der Waals surface area contributed by atoms with Crippen molar-refractivity contribution in [1.29, 1.82) is 0 Å². The van der Waals surface area contributed by atoms with Gasteiger partial charge in [0.05, 0.1) is 27.0 Å². The van der Waals surface area contributed by atoms with Crippen molar-refractivity contribution in [2.75, 3.05) is 13.1 Å². The normalized spacial score (nSPS) is 26.8. The molecule has 198 valence electrons. The highest BCUT2D eigenvalue weighted by molar-refractivity contribution is 6.35. The molecule has 1 unspecified atom stereocenters. The minimum absolute atomic E-state index is 0.183. The lowest BCUT2D eigenvalue weighted by Gasteiger charge is -2.41. The van der Waals surface area contributed by atoms with Gasteiger partial charge < -0.3 is 4.79 Å². The second kappa shape index (κ2) is 9.60. The zero-order valence-electron chi connectivity index (χ0n) is 22.0. The summed E-state index contributed by atoms with van der Waals surface area (Å²) in [6.07, 6.45) is 13.6. The molecule has 1 aromatic heterocycles. The third-order valence-corrected chi connectivity index (χ3v) is 10.5. The molecule has 0 N–H and O–H groups in total. The molecule has 0 radical (unpaired) electrons. The maximum Gasteiger partial charge on any atom is 0.282 e. The molecule has 1 atom stereocenters. The number of carbonyl (C=O) groups is 1. The first kappa shape index (κ1) is 24.5. The number of piperidine rings is 1. The predicted molar refractivity (Wildman–Crippen MR) is 152 cm³/mol. The number of carbonyl (C=O) groups excluding carboxylic acids is 1. The summed E-state index contributed by atoms with van der Waals surface area (Å²) in [7, 11) is 0. The fourth-order valence-electron chi connectivity index (χ4n) is 8.17. The van der Waals surface area contributed by atoms with E-state index in [1.807, 2.05) is 12.1 Å². The molecule has 38 heavy (non-hydrogen) atoms. The third kappa shape index (κ3) is 3.80. The van der Waals surface area contributed by atoms with Crippen molar-refractivity contribution in [2.24, 2.45) is 5.92 Å². The first-order valence-electron chi connectivity index (χ1n) is 14.6. The Morgan fingerprint density at radius 2 is 1.79 bits per heavy atom. The molecule has 5 nitrogen and oxygen atoms in total. The zero-order valence-corrected chi connectivity index (χ0v) is 22.8. The van der Waals surface area contributed by atoms with Gasteiger partial charge in [0.2, 0.25) is 0 Å². The number of rotatable bonds is 3. The Bertz CT molecular complexity index is 1450. The molecule has 0 bridgehead atoms. The van der Waals surface area contributed by atoms with Gasteiger partial charge in [-0.2, -0.15) is 4.98 Å². The van der Waals surface area contributed by atoms with E-state index in [1.165, 1.54) is 36.1 Å². The van der Waals surface area contributed by atoms with Crippen molar-refractivity contribution >= 4 is 28.8 Å². The molecule has 2 aliphatic heterocycles. The first-order valence-corrected chi connectivity index (χ1v) is 15.0. The Balaban J connectivity index is 1.29. The summed E-state index contributed by atoms with van der Waals surface area (Å²) in [6.45, 7) is 2.25. The van der Waals surface area contributed by atoms with Crippen LogP contribution in [0.3, 0.4) is 0 Å². The second-order valence-corrected chi connectivity index (χ2v) is 12.6. The summed E-state index contributed by atoms with van der Waals surface area (Å²) in [5, 5.41) is 1.00. The number of nitrogens with zero attached hydrogens (tertiary/aromatic N) is 3. The number of likely N-dealkylation sites (tertiary alicyclic amines) is 1. The summed E-state index contributed by atoms with van der Waals surface area (Å²) in [5.41, 5.74) is 4.41. The molecule has 2 aromatic carbocycles. The molecule has 7 rings (SSSR count). The molecule has 1 saturated heterocycles. The van der Waals surface area contributed by atoms with Crippen LogP contribution < -0.4 is 5.56 Å². The Hall–Kier alpha value is -2.50. The van der Waals surface area contributed by atoms with Crippen LogP contribution >= 0.6 is 11.6 Å². The molecule has 1 spiro atoms. The van der Waals surface area contributed by atoms with Gasteiger partial charge >= 0.3 is 0 Å². The van der Waals surface area contributed by atoms with Crippen molar-refractivity contribution in [3.05, 3.63) is 68.7 Å². The Morgan fingerprint density at radius 3 is 2.58 bits per heavy atom. The van der Waals surface area contributed by atoms with Gasteiger partial charge in [0.1, 0.15) is 12.1 Å². The summed E-state index contributed by atoms with van der Waals surface area (Å²) in [5.74, 6) is 1.67. The summed E-state index contributed by atoms with van der Waals surface area (Å²) in [6, 6.07) is 13.5. The number of hydrogen-bond donors (Lipinski definition) is 0. The van der Waals surface area contributed by atoms with Crippen molar-refractivity contribution in [2.45, 2.75) is 88.0 Å². The maximum atomic E-state index is 13.2. The van der Waals surface area contributed by atoms with Gasteiger partial charge in [-0.3, -0.25) is 14.3 Å². The van der Waals surface area contributed by atoms with Crippen molar-refractivity contribution < 1.29 is 4.79 Å². The molecule has 4 aliphatic rings. The number of fused-ring (bicyclic) bond motifs is 7. The Kier molecular flexibility index (Phi) is 6.20. The average molecular weight is 530 g/mol. The van der Waals surface area contributed by atoms with E-state index >= 15 is 0 Å². The summed E-state index contributed by atoms with van der Waals surface area (Å²) >= 11 is 6.55. The largest absolute Gasteiger partial charge is 0.303 e. The quantitative estimate of drug-likeness (QED) is 0.361. The van der Waals surface area contributed by atoms with E-state index in [1.54, 1.807) is 6.07 Å². The standard InChI is InChI=1S/C32H36ClN3O2/c33-26-7-4-8-27-29(26)30(38)34-31-32(15-2-1-3-16-32)25-14-11-22(18-28(25)36(27)31)23-6-5-17-35(19-23)24-12-9-21(20-37)10-13-24/h4,7-8,11,14,18,20-21,23-24H,1-3,5-6,9-10,12-13,15-17,19H2. The molecule has 2 aliphatic carbocycles. The molecule has 3 fully saturated rings. The molecule has 3 heterocycles. The minimum atomic E-state index is -0.206. The topological polar surface area (TPSA) is 55.2 Å². The second-order valence-electron chi connectivity index (χ2n) is 12.2. The zero-order chi connectivity index (χ0) is 25.9. The van der Waals surface area contributed by atoms with E-state index < -0.39 is 0 Å². The van der Waals surface area contributed by atoms with Gasteiger partial charge in [-0.25, -0.2) is 0 Å². The highest BCUT2D eigenvalue weighted by atomic mass is 35.5. The fraction of sp³-hybridized carbons (Fsp3) is 0.531. The minimum Gasteiger partial charge on any atom is -0.303 e. The summed E-state index contributed by atoms with van der Waals surface area (Å²) in [4.78, 5) is 31.9. The van der Waals surface area contributed by atoms with Gasteiger partial charge in [-0.15, -0.1) is 0 Å². The van der Waals surface area contributed by atoms with Crippen LogP contribution in [-0.4, -0.2) is 39.9 Å². The van der Waals surface area contributed by atoms with Gasteiger partial charge in [-0.1, -0.05) is 49.1 Å². The van der Waals surface area contributed by atoms with Crippen molar-refractivity contribution in [1.82, 2.24) is 14.5 Å². The van der Waals surface area contributed by atoms with Gasteiger partial charge in [0, 0.05) is 18.5 Å². The first-order chi connectivity index (χ1) is 18.6. The van der Waals surface area contributed by atoms with E-state index in [-0.39, 0.29) is 16.9 Å². The van der Waals surface area contributed by atoms with Gasteiger partial charge in [0.15, 0.2) is 0 Å². The number of aromatic nitrogens is 2. The lowest BCUT2D eigenvalue weighted by Crippen LogP contribution is -2.43. The Morgan fingerprint density at radius 1 is 0.974 bits per heavy atom. The molecular weight excluding hydrogens is 494 g/mol. The van der Waals surface area contributed by atoms with E-state index in [0.717, 1.165) is 82.1 Å². The SMILES string of the molecule is O=CC1CCC(N2CCCC(c3ccc4c(c3)-n3c(nc(=O)c5c(Cl)cccc53)C43CCCCC3)C2)CC1. The molecule has 3 aromatic rings. The van der Waals surface area contributed by atoms with E-state index in [4.69, 9.17) is 16.6 Å². The van der Waals surface area contributed by atoms with Crippen LogP contribution in [0.4, 0.5) is 0 Å². The number of aldehydes is 1. The maximum absolute atomic E-state index is 13.2. The lowest BCUT2D eigenvalue weighted by atomic mass is 9.69. The number of halogens is 1.